The van der Waals surface area contributed by atoms with Crippen LogP contribution in [0.1, 0.15) is 17.7 Å². The molecule has 1 spiro atoms. The van der Waals surface area contributed by atoms with E-state index in [-0.39, 0.29) is 35.2 Å². The number of likely N-dealkylation sites (tertiary alicyclic amines) is 1. The Morgan fingerprint density at radius 1 is 1.37 bits per heavy atom. The highest BCUT2D eigenvalue weighted by molar-refractivity contribution is 6.32. The number of phenols is 1. The number of phenolic OH excluding ortho intramolecular Hbond substituents is 1. The van der Waals surface area contributed by atoms with E-state index in [4.69, 9.17) is 26.2 Å². The molecule has 4 rings (SSSR count). The number of nitrogens with one attached hydrogen (secondary N) is 1. The zero-order valence-corrected chi connectivity index (χ0v) is 17.2. The number of aromatic hydroxyl groups is 1. The monoisotopic (exact) mass is 436 g/mol. The van der Waals surface area contributed by atoms with Crippen molar-refractivity contribution in [2.45, 2.75) is 25.0 Å². The summed E-state index contributed by atoms with van der Waals surface area (Å²) in [5.41, 5.74) is 1.59. The van der Waals surface area contributed by atoms with Crippen molar-refractivity contribution < 1.29 is 24.5 Å². The number of carboxylic acid groups (broad SMARTS) is 1. The summed E-state index contributed by atoms with van der Waals surface area (Å²) < 4.78 is 6.13. The van der Waals surface area contributed by atoms with Crippen molar-refractivity contribution in [3.05, 3.63) is 47.0 Å². The van der Waals surface area contributed by atoms with Gasteiger partial charge in [-0.3, -0.25) is 14.5 Å². The zero-order valence-electron chi connectivity index (χ0n) is 16.5. The molecule has 0 radical (unpaired) electrons. The number of amides is 1. The Bertz CT molecular complexity index is 863. The molecule has 1 aromatic heterocycles. The van der Waals surface area contributed by atoms with Gasteiger partial charge in [0.15, 0.2) is 0 Å². The zero-order chi connectivity index (χ0) is 21.6. The number of benzene rings is 1. The van der Waals surface area contributed by atoms with Crippen LogP contribution in [0.4, 0.5) is 0 Å². The summed E-state index contributed by atoms with van der Waals surface area (Å²) in [6.07, 6.45) is 4.65. The molecule has 2 aliphatic heterocycles. The van der Waals surface area contributed by atoms with E-state index in [1.54, 1.807) is 18.5 Å². The van der Waals surface area contributed by atoms with Gasteiger partial charge in [0.2, 0.25) is 5.91 Å². The predicted octanol–water partition coefficient (Wildman–Crippen LogP) is 1.52. The fraction of sp³-hybridized carbons (Fsp3) is 0.450. The van der Waals surface area contributed by atoms with Gasteiger partial charge in [0.05, 0.1) is 30.9 Å². The maximum Gasteiger partial charge on any atom is 0.290 e. The lowest BCUT2D eigenvalue weighted by molar-refractivity contribution is -0.134. The summed E-state index contributed by atoms with van der Waals surface area (Å²) in [4.78, 5) is 32.5. The average Bonchev–Trinajstić information content (AvgIpc) is 3.36. The molecule has 1 atom stereocenters. The van der Waals surface area contributed by atoms with Gasteiger partial charge in [-0.15, -0.1) is 0 Å². The quantitative estimate of drug-likeness (QED) is 0.621. The molecule has 0 aliphatic carbocycles. The number of ether oxygens (including phenoxy) is 1. The van der Waals surface area contributed by atoms with Crippen LogP contribution in [-0.2, 0) is 27.3 Å². The Hall–Kier alpha value is -2.62. The van der Waals surface area contributed by atoms with Crippen LogP contribution in [0.15, 0.2) is 30.7 Å². The number of hydrogen-bond acceptors (Lipinski definition) is 6. The number of halogens is 1. The number of carbonyl (C=O) groups is 2. The van der Waals surface area contributed by atoms with Gasteiger partial charge >= 0.3 is 0 Å². The van der Waals surface area contributed by atoms with E-state index in [1.807, 2.05) is 11.1 Å². The van der Waals surface area contributed by atoms with Gasteiger partial charge in [-0.05, 0) is 24.1 Å². The van der Waals surface area contributed by atoms with Crippen LogP contribution >= 0.6 is 11.6 Å². The van der Waals surface area contributed by atoms with Crippen molar-refractivity contribution in [1.82, 2.24) is 19.8 Å². The van der Waals surface area contributed by atoms with Crippen LogP contribution in [0.3, 0.4) is 0 Å². The SMILES string of the molecule is O=C(Cc1ccc(O)c(Cl)c1)N1CCC2(CN(Cc3cnc[nH]3)CCO2)C1.O=CO. The highest BCUT2D eigenvalue weighted by Gasteiger charge is 2.44. The lowest BCUT2D eigenvalue weighted by Gasteiger charge is -2.40. The van der Waals surface area contributed by atoms with Gasteiger partial charge in [-0.2, -0.15) is 0 Å². The van der Waals surface area contributed by atoms with Crippen molar-refractivity contribution in [3.63, 3.8) is 0 Å². The molecule has 3 heterocycles. The number of aromatic nitrogens is 2. The second-order valence-electron chi connectivity index (χ2n) is 7.45. The lowest BCUT2D eigenvalue weighted by atomic mass is 10.0. The van der Waals surface area contributed by atoms with Crippen LogP contribution in [0.25, 0.3) is 0 Å². The highest BCUT2D eigenvalue weighted by Crippen LogP contribution is 2.31. The third-order valence-corrected chi connectivity index (χ3v) is 5.62. The van der Waals surface area contributed by atoms with Crippen LogP contribution in [-0.4, -0.2) is 80.7 Å². The van der Waals surface area contributed by atoms with Gasteiger partial charge < -0.3 is 24.8 Å². The third kappa shape index (κ3) is 5.50. The molecule has 0 bridgehead atoms. The smallest absolute Gasteiger partial charge is 0.290 e. The van der Waals surface area contributed by atoms with E-state index in [0.29, 0.717) is 19.7 Å². The van der Waals surface area contributed by atoms with Gasteiger partial charge in [0.1, 0.15) is 11.4 Å². The van der Waals surface area contributed by atoms with Gasteiger partial charge in [-0.25, -0.2) is 4.98 Å². The number of H-pyrrole nitrogens is 1. The summed E-state index contributed by atoms with van der Waals surface area (Å²) in [5.74, 6) is 0.0869. The maximum atomic E-state index is 12.7. The van der Waals surface area contributed by atoms with E-state index in [0.717, 1.165) is 37.3 Å². The standard InChI is InChI=1S/C19H23ClN4O3.CH2O2/c20-16-7-14(1-2-17(16)25)8-18(26)24-4-3-19(12-24)11-23(5-6-27-19)10-15-9-21-13-22-15;2-1-3/h1-2,7,9,13,25H,3-6,8,10-12H2,(H,21,22);1H,(H,2,3). The Kier molecular flexibility index (Phi) is 7.30. The first-order valence-electron chi connectivity index (χ1n) is 9.61. The van der Waals surface area contributed by atoms with Crippen LogP contribution in [0.5, 0.6) is 5.75 Å². The molecule has 10 heteroatoms. The fourth-order valence-corrected chi connectivity index (χ4v) is 4.12. The number of carbonyl (C=O) groups excluding carboxylic acids is 1. The van der Waals surface area contributed by atoms with Gasteiger partial charge in [0.25, 0.3) is 6.47 Å². The second-order valence-corrected chi connectivity index (χ2v) is 7.86. The largest absolute Gasteiger partial charge is 0.506 e. The van der Waals surface area contributed by atoms with E-state index < -0.39 is 0 Å². The molecular formula is C20H25ClN4O5. The number of rotatable bonds is 4. The first-order chi connectivity index (χ1) is 14.4. The van der Waals surface area contributed by atoms with E-state index in [2.05, 4.69) is 14.9 Å². The van der Waals surface area contributed by atoms with Crippen LogP contribution < -0.4 is 0 Å². The Labute approximate surface area is 179 Å². The first kappa shape index (κ1) is 22.1. The first-order valence-corrected chi connectivity index (χ1v) is 9.99. The third-order valence-electron chi connectivity index (χ3n) is 5.31. The van der Waals surface area contributed by atoms with Crippen molar-refractivity contribution in [2.75, 3.05) is 32.8 Å². The highest BCUT2D eigenvalue weighted by atomic mass is 35.5. The minimum Gasteiger partial charge on any atom is -0.506 e. The molecule has 9 nitrogen and oxygen atoms in total. The maximum absolute atomic E-state index is 12.7. The van der Waals surface area contributed by atoms with Crippen molar-refractivity contribution in [3.8, 4) is 5.75 Å². The molecule has 1 amide bonds. The van der Waals surface area contributed by atoms with Crippen LogP contribution in [0.2, 0.25) is 5.02 Å². The van der Waals surface area contributed by atoms with Crippen molar-refractivity contribution in [1.29, 1.82) is 0 Å². The molecule has 0 saturated carbocycles. The molecule has 1 aromatic carbocycles. The summed E-state index contributed by atoms with van der Waals surface area (Å²) >= 11 is 5.94. The minimum atomic E-state index is -0.291. The predicted molar refractivity (Wildman–Crippen MR) is 109 cm³/mol. The van der Waals surface area contributed by atoms with E-state index >= 15 is 0 Å². The normalized spacial score (nSPS) is 21.3. The van der Waals surface area contributed by atoms with Crippen LogP contribution in [0, 0.1) is 0 Å². The van der Waals surface area contributed by atoms with Gasteiger partial charge in [-0.1, -0.05) is 17.7 Å². The summed E-state index contributed by atoms with van der Waals surface area (Å²) in [6, 6.07) is 4.89. The Morgan fingerprint density at radius 3 is 2.87 bits per heavy atom. The summed E-state index contributed by atoms with van der Waals surface area (Å²) in [7, 11) is 0. The number of nitrogens with zero attached hydrogens (tertiary/aromatic N) is 3. The molecule has 2 saturated heterocycles. The van der Waals surface area contributed by atoms with Crippen molar-refractivity contribution >= 4 is 24.0 Å². The fourth-order valence-electron chi connectivity index (χ4n) is 3.92. The molecule has 2 fully saturated rings. The average molecular weight is 437 g/mol. The molecule has 3 N–H and O–H groups in total. The molecule has 162 valence electrons. The topological polar surface area (TPSA) is 119 Å². The van der Waals surface area contributed by atoms with E-state index in [9.17, 15) is 9.90 Å². The molecular weight excluding hydrogens is 412 g/mol. The minimum absolute atomic E-state index is 0.0287. The van der Waals surface area contributed by atoms with Gasteiger partial charge in [0, 0.05) is 38.1 Å². The molecule has 2 aliphatic rings. The summed E-state index contributed by atoms with van der Waals surface area (Å²) in [6.45, 7) is 4.22. The lowest BCUT2D eigenvalue weighted by Crippen LogP contribution is -2.53. The summed E-state index contributed by atoms with van der Waals surface area (Å²) in [5, 5.41) is 16.7. The number of morpholine rings is 1. The Balaban J connectivity index is 0.000000806. The Morgan fingerprint density at radius 2 is 2.17 bits per heavy atom. The van der Waals surface area contributed by atoms with Crippen molar-refractivity contribution in [2.24, 2.45) is 0 Å². The number of hydrogen-bond donors (Lipinski definition) is 3. The van der Waals surface area contributed by atoms with E-state index in [1.165, 1.54) is 6.07 Å². The molecule has 30 heavy (non-hydrogen) atoms. The molecule has 1 unspecified atom stereocenters. The molecule has 2 aromatic rings. The second kappa shape index (κ2) is 9.92. The number of aromatic amines is 1. The number of imidazole rings is 1.